The molecule has 0 saturated carbocycles. The fraction of sp³-hybridized carbons (Fsp3) is 0.375. The number of hydrogen-bond acceptors (Lipinski definition) is 2. The van der Waals surface area contributed by atoms with E-state index < -0.39 is 0 Å². The average Bonchev–Trinajstić information content (AvgIpc) is 2.27. The molecule has 1 aromatic rings. The topological polar surface area (TPSA) is 12.4 Å². The minimum atomic E-state index is 0. The smallest absolute Gasteiger partial charge is 0.0484 e. The van der Waals surface area contributed by atoms with Gasteiger partial charge in [0, 0.05) is 22.5 Å². The molecule has 1 aliphatic heterocycles. The molecule has 0 fully saturated rings. The zero-order valence-electron chi connectivity index (χ0n) is 6.33. The van der Waals surface area contributed by atoms with E-state index in [-0.39, 0.29) is 12.4 Å². The number of aliphatic imine (C=N–C) groups is 1. The summed E-state index contributed by atoms with van der Waals surface area (Å²) < 4.78 is 0. The van der Waals surface area contributed by atoms with E-state index in [2.05, 4.69) is 18.0 Å². The first kappa shape index (κ1) is 8.75. The molecule has 1 aromatic heterocycles. The van der Waals surface area contributed by atoms with Gasteiger partial charge in [0.15, 0.2) is 0 Å². The molecule has 0 saturated heterocycles. The second-order valence-electron chi connectivity index (χ2n) is 2.53. The highest BCUT2D eigenvalue weighted by Crippen LogP contribution is 2.22. The lowest BCUT2D eigenvalue weighted by atomic mass is 10.1. The highest BCUT2D eigenvalue weighted by molar-refractivity contribution is 7.13. The molecule has 0 bridgehead atoms. The summed E-state index contributed by atoms with van der Waals surface area (Å²) in [5.74, 6) is 0. The number of aryl methyl sites for hydroxylation is 1. The Labute approximate surface area is 76.6 Å². The van der Waals surface area contributed by atoms with Gasteiger partial charge in [0.05, 0.1) is 0 Å². The molecule has 1 nitrogen and oxygen atoms in total. The monoisotopic (exact) mass is 187 g/mol. The molecule has 0 radical (unpaired) electrons. The van der Waals surface area contributed by atoms with Crippen LogP contribution in [0.2, 0.25) is 0 Å². The van der Waals surface area contributed by atoms with Gasteiger partial charge >= 0.3 is 0 Å². The lowest BCUT2D eigenvalue weighted by Gasteiger charge is -2.01. The summed E-state index contributed by atoms with van der Waals surface area (Å²) in [6.07, 6.45) is 3.13. The molecule has 0 aromatic carbocycles. The summed E-state index contributed by atoms with van der Waals surface area (Å²) in [7, 11) is 0. The number of fused-ring (bicyclic) bond motifs is 1. The first-order valence-corrected chi connectivity index (χ1v) is 4.27. The van der Waals surface area contributed by atoms with Crippen molar-refractivity contribution in [1.82, 2.24) is 0 Å². The number of hydrogen-bond donors (Lipinski definition) is 0. The van der Waals surface area contributed by atoms with Gasteiger partial charge in [0.1, 0.15) is 0 Å². The van der Waals surface area contributed by atoms with Crippen LogP contribution in [0.1, 0.15) is 15.3 Å². The molecular formula is C8H10ClNS. The Balaban J connectivity index is 0.000000605. The molecule has 0 spiro atoms. The Morgan fingerprint density at radius 1 is 1.55 bits per heavy atom. The van der Waals surface area contributed by atoms with Gasteiger partial charge in [-0.1, -0.05) is 0 Å². The standard InChI is InChI=1S/C8H9NS.ClH/c1-6-4-7-2-3-9-5-8(7)10-6;/h4-5H,2-3H2,1H3;1H. The third-order valence-corrected chi connectivity index (χ3v) is 2.71. The summed E-state index contributed by atoms with van der Waals surface area (Å²) in [6, 6.07) is 2.27. The molecule has 1 aliphatic rings. The van der Waals surface area contributed by atoms with Crippen molar-refractivity contribution in [3.05, 3.63) is 21.4 Å². The van der Waals surface area contributed by atoms with Crippen LogP contribution in [0.4, 0.5) is 0 Å². The van der Waals surface area contributed by atoms with Crippen molar-refractivity contribution in [2.24, 2.45) is 4.99 Å². The zero-order chi connectivity index (χ0) is 6.97. The predicted octanol–water partition coefficient (Wildman–Crippen LogP) is 2.45. The molecular weight excluding hydrogens is 178 g/mol. The average molecular weight is 188 g/mol. The number of halogens is 1. The summed E-state index contributed by atoms with van der Waals surface area (Å²) in [4.78, 5) is 6.98. The summed E-state index contributed by atoms with van der Waals surface area (Å²) in [5, 5.41) is 0. The van der Waals surface area contributed by atoms with Crippen molar-refractivity contribution in [3.63, 3.8) is 0 Å². The summed E-state index contributed by atoms with van der Waals surface area (Å²) in [5.41, 5.74) is 1.48. The van der Waals surface area contributed by atoms with Crippen LogP contribution in [0.3, 0.4) is 0 Å². The maximum Gasteiger partial charge on any atom is 0.0484 e. The number of nitrogens with zero attached hydrogens (tertiary/aromatic N) is 1. The number of rotatable bonds is 0. The van der Waals surface area contributed by atoms with Crippen LogP contribution in [-0.2, 0) is 6.42 Å². The Morgan fingerprint density at radius 3 is 3.09 bits per heavy atom. The van der Waals surface area contributed by atoms with E-state index >= 15 is 0 Å². The van der Waals surface area contributed by atoms with Crippen LogP contribution < -0.4 is 0 Å². The molecule has 2 rings (SSSR count). The summed E-state index contributed by atoms with van der Waals surface area (Å²) >= 11 is 1.84. The van der Waals surface area contributed by atoms with E-state index in [0.717, 1.165) is 13.0 Å². The van der Waals surface area contributed by atoms with Gasteiger partial charge in [0.2, 0.25) is 0 Å². The van der Waals surface area contributed by atoms with Gasteiger partial charge in [-0.3, -0.25) is 4.99 Å². The van der Waals surface area contributed by atoms with Crippen LogP contribution in [0.15, 0.2) is 11.1 Å². The van der Waals surface area contributed by atoms with Gasteiger partial charge in [0.25, 0.3) is 0 Å². The van der Waals surface area contributed by atoms with Crippen molar-refractivity contribution < 1.29 is 0 Å². The SMILES string of the molecule is Cc1cc2c(s1)C=NCC2.Cl. The second-order valence-corrected chi connectivity index (χ2v) is 3.82. The minimum Gasteiger partial charge on any atom is -0.291 e. The fourth-order valence-electron chi connectivity index (χ4n) is 1.22. The first-order chi connectivity index (χ1) is 4.86. The minimum absolute atomic E-state index is 0. The van der Waals surface area contributed by atoms with Gasteiger partial charge in [-0.2, -0.15) is 0 Å². The van der Waals surface area contributed by atoms with Crippen molar-refractivity contribution in [3.8, 4) is 0 Å². The third kappa shape index (κ3) is 1.63. The van der Waals surface area contributed by atoms with Gasteiger partial charge < -0.3 is 0 Å². The van der Waals surface area contributed by atoms with Gasteiger partial charge in [-0.05, 0) is 25.0 Å². The highest BCUT2D eigenvalue weighted by atomic mass is 35.5. The van der Waals surface area contributed by atoms with E-state index in [1.807, 2.05) is 17.6 Å². The largest absolute Gasteiger partial charge is 0.291 e. The lowest BCUT2D eigenvalue weighted by Crippen LogP contribution is -1.97. The van der Waals surface area contributed by atoms with Crippen molar-refractivity contribution in [2.45, 2.75) is 13.3 Å². The normalized spacial score (nSPS) is 13.9. The predicted molar refractivity (Wildman–Crippen MR) is 52.5 cm³/mol. The Bertz CT molecular complexity index is 278. The van der Waals surface area contributed by atoms with Gasteiger partial charge in [-0.15, -0.1) is 23.7 Å². The van der Waals surface area contributed by atoms with E-state index in [1.54, 1.807) is 0 Å². The van der Waals surface area contributed by atoms with Crippen molar-refractivity contribution >= 4 is 30.0 Å². The van der Waals surface area contributed by atoms with Crippen LogP contribution >= 0.6 is 23.7 Å². The lowest BCUT2D eigenvalue weighted by molar-refractivity contribution is 0.960. The maximum atomic E-state index is 4.22. The first-order valence-electron chi connectivity index (χ1n) is 3.45. The maximum absolute atomic E-state index is 4.22. The summed E-state index contributed by atoms with van der Waals surface area (Å²) in [6.45, 7) is 3.12. The van der Waals surface area contributed by atoms with E-state index in [1.165, 1.54) is 15.3 Å². The van der Waals surface area contributed by atoms with Crippen LogP contribution in [-0.4, -0.2) is 12.8 Å². The van der Waals surface area contributed by atoms with Crippen LogP contribution in [0, 0.1) is 6.92 Å². The Kier molecular flexibility index (Phi) is 2.68. The highest BCUT2D eigenvalue weighted by Gasteiger charge is 2.06. The number of thiophene rings is 1. The zero-order valence-corrected chi connectivity index (χ0v) is 7.97. The van der Waals surface area contributed by atoms with E-state index in [4.69, 9.17) is 0 Å². The molecule has 0 N–H and O–H groups in total. The van der Waals surface area contributed by atoms with E-state index in [0.29, 0.717) is 0 Å². The molecule has 11 heavy (non-hydrogen) atoms. The third-order valence-electron chi connectivity index (χ3n) is 1.68. The fourth-order valence-corrected chi connectivity index (χ4v) is 2.19. The van der Waals surface area contributed by atoms with Crippen molar-refractivity contribution in [2.75, 3.05) is 6.54 Å². The molecule has 0 atom stereocenters. The quantitative estimate of drug-likeness (QED) is 0.592. The van der Waals surface area contributed by atoms with Crippen LogP contribution in [0.5, 0.6) is 0 Å². The van der Waals surface area contributed by atoms with E-state index in [9.17, 15) is 0 Å². The molecule has 60 valence electrons. The molecule has 0 amide bonds. The second kappa shape index (κ2) is 3.37. The molecule has 0 aliphatic carbocycles. The Hall–Kier alpha value is -0.340. The van der Waals surface area contributed by atoms with Gasteiger partial charge in [-0.25, -0.2) is 0 Å². The Morgan fingerprint density at radius 2 is 2.36 bits per heavy atom. The molecule has 0 unspecified atom stereocenters. The van der Waals surface area contributed by atoms with Crippen LogP contribution in [0.25, 0.3) is 0 Å². The van der Waals surface area contributed by atoms with Crippen molar-refractivity contribution in [1.29, 1.82) is 0 Å². The molecule has 3 heteroatoms. The molecule has 2 heterocycles.